The van der Waals surface area contributed by atoms with Crippen LogP contribution in [0.4, 0.5) is 0 Å². The zero-order chi connectivity index (χ0) is 15.2. The van der Waals surface area contributed by atoms with Crippen molar-refractivity contribution in [2.45, 2.75) is 0 Å². The van der Waals surface area contributed by atoms with Crippen molar-refractivity contribution in [1.82, 2.24) is 9.97 Å². The molecule has 0 saturated carbocycles. The zero-order valence-electron chi connectivity index (χ0n) is 12.5. The van der Waals surface area contributed by atoms with Gasteiger partial charge in [0.15, 0.2) is 0 Å². The molecule has 0 bridgehead atoms. The van der Waals surface area contributed by atoms with Gasteiger partial charge >= 0.3 is 0 Å². The molecular formula is C21H14N2. The van der Waals surface area contributed by atoms with Gasteiger partial charge in [0.2, 0.25) is 0 Å². The third-order valence-electron chi connectivity index (χ3n) is 4.49. The van der Waals surface area contributed by atoms with Crippen LogP contribution < -0.4 is 0 Å². The molecule has 0 spiro atoms. The average molecular weight is 294 g/mol. The molecule has 108 valence electrons. The van der Waals surface area contributed by atoms with Crippen molar-refractivity contribution in [3.05, 3.63) is 79.1 Å². The lowest BCUT2D eigenvalue weighted by Gasteiger charge is -2.06. The molecule has 0 radical (unpaired) electrons. The van der Waals surface area contributed by atoms with Crippen molar-refractivity contribution >= 4 is 32.6 Å². The normalized spacial score (nSPS) is 11.5. The number of aromatic amines is 1. The van der Waals surface area contributed by atoms with Gasteiger partial charge in [0.25, 0.3) is 0 Å². The van der Waals surface area contributed by atoms with Gasteiger partial charge in [-0.05, 0) is 23.1 Å². The van der Waals surface area contributed by atoms with Crippen LogP contribution in [0.25, 0.3) is 43.7 Å². The standard InChI is InChI=1S/C21H14N2/c1-2-6-16-15(5-1)12-22-13-19(16)14-9-10-18-17-7-3-4-8-20(17)23-21(18)11-14/h1-13,23H. The van der Waals surface area contributed by atoms with Crippen LogP contribution in [0.2, 0.25) is 0 Å². The van der Waals surface area contributed by atoms with Crippen LogP contribution in [-0.2, 0) is 0 Å². The fourth-order valence-corrected chi connectivity index (χ4v) is 3.37. The maximum atomic E-state index is 4.40. The van der Waals surface area contributed by atoms with E-state index in [9.17, 15) is 0 Å². The Kier molecular flexibility index (Phi) is 2.53. The van der Waals surface area contributed by atoms with Crippen molar-refractivity contribution in [3.8, 4) is 11.1 Å². The number of fused-ring (bicyclic) bond motifs is 4. The number of hydrogen-bond acceptors (Lipinski definition) is 1. The first kappa shape index (κ1) is 12.4. The number of para-hydroxylation sites is 1. The van der Waals surface area contributed by atoms with E-state index < -0.39 is 0 Å². The molecule has 2 nitrogen and oxygen atoms in total. The van der Waals surface area contributed by atoms with Crippen LogP contribution in [0.15, 0.2) is 79.1 Å². The van der Waals surface area contributed by atoms with E-state index in [0.29, 0.717) is 0 Å². The number of rotatable bonds is 1. The Morgan fingerprint density at radius 1 is 0.652 bits per heavy atom. The minimum atomic E-state index is 1.16. The Bertz CT molecular complexity index is 1160. The Hall–Kier alpha value is -3.13. The second-order valence-electron chi connectivity index (χ2n) is 5.84. The predicted molar refractivity (Wildman–Crippen MR) is 96.5 cm³/mol. The van der Waals surface area contributed by atoms with Gasteiger partial charge in [-0.15, -0.1) is 0 Å². The fraction of sp³-hybridized carbons (Fsp3) is 0. The highest BCUT2D eigenvalue weighted by atomic mass is 14.7. The lowest BCUT2D eigenvalue weighted by molar-refractivity contribution is 1.36. The summed E-state index contributed by atoms with van der Waals surface area (Å²) < 4.78 is 0. The van der Waals surface area contributed by atoms with E-state index in [4.69, 9.17) is 0 Å². The van der Waals surface area contributed by atoms with Crippen molar-refractivity contribution in [3.63, 3.8) is 0 Å². The molecular weight excluding hydrogens is 280 g/mol. The van der Waals surface area contributed by atoms with Gasteiger partial charge in [0.05, 0.1) is 0 Å². The molecule has 0 aliphatic carbocycles. The van der Waals surface area contributed by atoms with E-state index in [-0.39, 0.29) is 0 Å². The van der Waals surface area contributed by atoms with Crippen molar-refractivity contribution in [2.75, 3.05) is 0 Å². The molecule has 0 aliphatic heterocycles. The Morgan fingerprint density at radius 3 is 2.39 bits per heavy atom. The highest BCUT2D eigenvalue weighted by Crippen LogP contribution is 2.32. The van der Waals surface area contributed by atoms with E-state index in [1.54, 1.807) is 0 Å². The first-order valence-electron chi connectivity index (χ1n) is 7.74. The quantitative estimate of drug-likeness (QED) is 0.432. The molecule has 1 N–H and O–H groups in total. The van der Waals surface area contributed by atoms with Crippen LogP contribution in [-0.4, -0.2) is 9.97 Å². The lowest BCUT2D eigenvalue weighted by atomic mass is 10.00. The Balaban J connectivity index is 1.81. The summed E-state index contributed by atoms with van der Waals surface area (Å²) in [4.78, 5) is 7.92. The van der Waals surface area contributed by atoms with Gasteiger partial charge in [-0.25, -0.2) is 0 Å². The topological polar surface area (TPSA) is 28.7 Å². The number of H-pyrrole nitrogens is 1. The molecule has 0 amide bonds. The second kappa shape index (κ2) is 4.68. The summed E-state index contributed by atoms with van der Waals surface area (Å²) in [6.45, 7) is 0. The SMILES string of the molecule is c1ccc2c(-c3ccc4c(c3)[nH]c3ccccc34)cncc2c1. The lowest BCUT2D eigenvalue weighted by Crippen LogP contribution is -1.83. The van der Waals surface area contributed by atoms with Crippen LogP contribution in [0, 0.1) is 0 Å². The first-order valence-corrected chi connectivity index (χ1v) is 7.74. The molecule has 0 saturated heterocycles. The van der Waals surface area contributed by atoms with Gasteiger partial charge in [-0.3, -0.25) is 4.98 Å². The molecule has 2 heteroatoms. The third-order valence-corrected chi connectivity index (χ3v) is 4.49. The highest BCUT2D eigenvalue weighted by molar-refractivity contribution is 6.09. The fourth-order valence-electron chi connectivity index (χ4n) is 3.37. The zero-order valence-corrected chi connectivity index (χ0v) is 12.5. The minimum absolute atomic E-state index is 1.16. The van der Waals surface area contributed by atoms with Crippen molar-refractivity contribution < 1.29 is 0 Å². The first-order chi connectivity index (χ1) is 11.4. The Morgan fingerprint density at radius 2 is 1.43 bits per heavy atom. The number of hydrogen-bond donors (Lipinski definition) is 1. The molecule has 0 atom stereocenters. The van der Waals surface area contributed by atoms with E-state index in [1.807, 2.05) is 12.4 Å². The highest BCUT2D eigenvalue weighted by Gasteiger charge is 2.08. The molecule has 3 aromatic carbocycles. The molecule has 5 rings (SSSR count). The maximum absolute atomic E-state index is 4.40. The summed E-state index contributed by atoms with van der Waals surface area (Å²) >= 11 is 0. The van der Waals surface area contributed by atoms with Gasteiger partial charge in [0.1, 0.15) is 0 Å². The summed E-state index contributed by atoms with van der Waals surface area (Å²) in [6.07, 6.45) is 3.87. The van der Waals surface area contributed by atoms with Crippen molar-refractivity contribution in [2.24, 2.45) is 0 Å². The van der Waals surface area contributed by atoms with E-state index >= 15 is 0 Å². The summed E-state index contributed by atoms with van der Waals surface area (Å²) in [6, 6.07) is 23.4. The van der Waals surface area contributed by atoms with E-state index in [1.165, 1.54) is 38.2 Å². The van der Waals surface area contributed by atoms with E-state index in [0.717, 1.165) is 5.52 Å². The summed E-state index contributed by atoms with van der Waals surface area (Å²) in [7, 11) is 0. The summed E-state index contributed by atoms with van der Waals surface area (Å²) in [5.41, 5.74) is 4.70. The van der Waals surface area contributed by atoms with Gasteiger partial charge in [0, 0.05) is 45.1 Å². The number of pyridine rings is 1. The Labute approximate surface area is 133 Å². The molecule has 2 aromatic heterocycles. The molecule has 0 aliphatic rings. The summed E-state index contributed by atoms with van der Waals surface area (Å²) in [5, 5.41) is 4.93. The second-order valence-corrected chi connectivity index (χ2v) is 5.84. The van der Waals surface area contributed by atoms with Gasteiger partial charge < -0.3 is 4.98 Å². The number of aromatic nitrogens is 2. The smallest absolute Gasteiger partial charge is 0.0471 e. The predicted octanol–water partition coefficient (Wildman–Crippen LogP) is 5.54. The summed E-state index contributed by atoms with van der Waals surface area (Å²) in [5.74, 6) is 0. The number of nitrogens with one attached hydrogen (secondary N) is 1. The van der Waals surface area contributed by atoms with Gasteiger partial charge in [-0.1, -0.05) is 54.6 Å². The molecule has 5 aromatic rings. The average Bonchev–Trinajstić information content (AvgIpc) is 2.99. The molecule has 2 heterocycles. The minimum Gasteiger partial charge on any atom is -0.354 e. The van der Waals surface area contributed by atoms with E-state index in [2.05, 4.69) is 76.7 Å². The van der Waals surface area contributed by atoms with Crippen LogP contribution in [0.5, 0.6) is 0 Å². The molecule has 0 unspecified atom stereocenters. The number of benzene rings is 3. The van der Waals surface area contributed by atoms with Crippen molar-refractivity contribution in [1.29, 1.82) is 0 Å². The van der Waals surface area contributed by atoms with Crippen LogP contribution >= 0.6 is 0 Å². The number of nitrogens with zero attached hydrogens (tertiary/aromatic N) is 1. The third kappa shape index (κ3) is 1.85. The maximum Gasteiger partial charge on any atom is 0.0471 e. The molecule has 0 fully saturated rings. The van der Waals surface area contributed by atoms with Gasteiger partial charge in [-0.2, -0.15) is 0 Å². The van der Waals surface area contributed by atoms with Crippen LogP contribution in [0.3, 0.4) is 0 Å². The molecule has 23 heavy (non-hydrogen) atoms. The monoisotopic (exact) mass is 294 g/mol. The van der Waals surface area contributed by atoms with Crippen LogP contribution in [0.1, 0.15) is 0 Å². The largest absolute Gasteiger partial charge is 0.354 e.